The van der Waals surface area contributed by atoms with Crippen molar-refractivity contribution in [1.29, 1.82) is 0 Å². The van der Waals surface area contributed by atoms with Crippen molar-refractivity contribution in [1.82, 2.24) is 14.9 Å². The molecule has 2 heterocycles. The second-order valence-electron chi connectivity index (χ2n) is 6.91. The fourth-order valence-electron chi connectivity index (χ4n) is 2.69. The number of hydrogen-bond donors (Lipinski definition) is 1. The van der Waals surface area contributed by atoms with Gasteiger partial charge in [-0.2, -0.15) is 0 Å². The zero-order valence-electron chi connectivity index (χ0n) is 14.5. The summed E-state index contributed by atoms with van der Waals surface area (Å²) in [5.74, 6) is 0.973. The van der Waals surface area contributed by atoms with E-state index in [9.17, 15) is 4.79 Å². The first-order valence-electron chi connectivity index (χ1n) is 8.06. The van der Waals surface area contributed by atoms with Gasteiger partial charge in [0.1, 0.15) is 11.3 Å². The lowest BCUT2D eigenvalue weighted by Crippen LogP contribution is -2.36. The summed E-state index contributed by atoms with van der Waals surface area (Å²) in [5.41, 5.74) is 2.44. The lowest BCUT2D eigenvalue weighted by Gasteiger charge is -2.25. The quantitative estimate of drug-likeness (QED) is 0.900. The molecule has 2 rings (SSSR count). The Balaban J connectivity index is 2.24. The predicted octanol–water partition coefficient (Wildman–Crippen LogP) is 4.19. The topological polar surface area (TPSA) is 49.0 Å². The minimum Gasteiger partial charge on any atom is -0.338 e. The standard InChI is InChI=1S/C18H27N3O/c1-11(2)9-13(5)21(6)18(22)16-10-14-7-8-15(12(3)4)19-17(14)20-16/h7-8,10-13H,9H2,1-6H3,(H,19,20). The van der Waals surface area contributed by atoms with Crippen LogP contribution < -0.4 is 0 Å². The molecule has 0 aliphatic rings. The van der Waals surface area contributed by atoms with Crippen molar-refractivity contribution in [3.05, 3.63) is 29.6 Å². The fourth-order valence-corrected chi connectivity index (χ4v) is 2.69. The number of H-pyrrole nitrogens is 1. The molecule has 0 saturated carbocycles. The van der Waals surface area contributed by atoms with Crippen molar-refractivity contribution in [3.8, 4) is 0 Å². The van der Waals surface area contributed by atoms with Gasteiger partial charge in [0.25, 0.3) is 5.91 Å². The monoisotopic (exact) mass is 301 g/mol. The molecule has 0 spiro atoms. The molecule has 0 saturated heterocycles. The molecular weight excluding hydrogens is 274 g/mol. The lowest BCUT2D eigenvalue weighted by atomic mass is 10.0. The molecule has 4 heteroatoms. The van der Waals surface area contributed by atoms with Gasteiger partial charge in [-0.15, -0.1) is 0 Å². The Morgan fingerprint density at radius 3 is 2.50 bits per heavy atom. The van der Waals surface area contributed by atoms with Crippen LogP contribution in [0.3, 0.4) is 0 Å². The Bertz CT molecular complexity index is 657. The highest BCUT2D eigenvalue weighted by atomic mass is 16.2. The molecule has 1 unspecified atom stereocenters. The van der Waals surface area contributed by atoms with E-state index in [0.717, 1.165) is 23.1 Å². The van der Waals surface area contributed by atoms with E-state index >= 15 is 0 Å². The minimum atomic E-state index is 0.0252. The van der Waals surface area contributed by atoms with Gasteiger partial charge in [0.05, 0.1) is 0 Å². The summed E-state index contributed by atoms with van der Waals surface area (Å²) in [6.07, 6.45) is 0.998. The number of rotatable bonds is 5. The second kappa shape index (κ2) is 6.51. The summed E-state index contributed by atoms with van der Waals surface area (Å²) in [7, 11) is 1.87. The minimum absolute atomic E-state index is 0.0252. The summed E-state index contributed by atoms with van der Waals surface area (Å²) >= 11 is 0. The maximum atomic E-state index is 12.6. The molecule has 2 aromatic rings. The molecule has 120 valence electrons. The van der Waals surface area contributed by atoms with Crippen LogP contribution in [-0.2, 0) is 0 Å². The van der Waals surface area contributed by atoms with Crippen molar-refractivity contribution in [3.63, 3.8) is 0 Å². The third-order valence-electron chi connectivity index (χ3n) is 4.12. The number of amides is 1. The molecule has 1 N–H and O–H groups in total. The molecular formula is C18H27N3O. The van der Waals surface area contributed by atoms with E-state index in [1.54, 1.807) is 0 Å². The highest BCUT2D eigenvalue weighted by Gasteiger charge is 2.20. The zero-order valence-corrected chi connectivity index (χ0v) is 14.5. The van der Waals surface area contributed by atoms with Gasteiger partial charge in [-0.05, 0) is 43.4 Å². The molecule has 1 atom stereocenters. The van der Waals surface area contributed by atoms with Crippen molar-refractivity contribution in [2.75, 3.05) is 7.05 Å². The van der Waals surface area contributed by atoms with Gasteiger partial charge in [0, 0.05) is 24.2 Å². The van der Waals surface area contributed by atoms with Gasteiger partial charge < -0.3 is 9.88 Å². The average molecular weight is 301 g/mol. The van der Waals surface area contributed by atoms with Crippen LogP contribution in [0.15, 0.2) is 18.2 Å². The number of aromatic amines is 1. The molecule has 1 amide bonds. The van der Waals surface area contributed by atoms with Gasteiger partial charge in [-0.3, -0.25) is 4.79 Å². The molecule has 0 radical (unpaired) electrons. The molecule has 0 bridgehead atoms. The van der Waals surface area contributed by atoms with Crippen molar-refractivity contribution in [2.24, 2.45) is 5.92 Å². The van der Waals surface area contributed by atoms with Gasteiger partial charge in [0.2, 0.25) is 0 Å². The highest BCUT2D eigenvalue weighted by Crippen LogP contribution is 2.20. The van der Waals surface area contributed by atoms with Gasteiger partial charge in [-0.1, -0.05) is 27.7 Å². The van der Waals surface area contributed by atoms with Gasteiger partial charge in [0.15, 0.2) is 0 Å². The van der Waals surface area contributed by atoms with Crippen LogP contribution in [0.5, 0.6) is 0 Å². The van der Waals surface area contributed by atoms with Crippen LogP contribution in [0.4, 0.5) is 0 Å². The summed E-state index contributed by atoms with van der Waals surface area (Å²) in [6.45, 7) is 10.7. The summed E-state index contributed by atoms with van der Waals surface area (Å²) in [4.78, 5) is 22.2. The fraction of sp³-hybridized carbons (Fsp3) is 0.556. The van der Waals surface area contributed by atoms with E-state index in [-0.39, 0.29) is 11.9 Å². The van der Waals surface area contributed by atoms with E-state index in [0.29, 0.717) is 17.5 Å². The second-order valence-corrected chi connectivity index (χ2v) is 6.91. The number of fused-ring (bicyclic) bond motifs is 1. The lowest BCUT2D eigenvalue weighted by molar-refractivity contribution is 0.0723. The van der Waals surface area contributed by atoms with Gasteiger partial charge in [-0.25, -0.2) is 4.98 Å². The normalized spacial score (nSPS) is 13.1. The maximum absolute atomic E-state index is 12.6. The van der Waals surface area contributed by atoms with E-state index in [1.807, 2.05) is 30.1 Å². The maximum Gasteiger partial charge on any atom is 0.270 e. The van der Waals surface area contributed by atoms with Gasteiger partial charge >= 0.3 is 0 Å². The zero-order chi connectivity index (χ0) is 16.4. The van der Waals surface area contributed by atoms with E-state index in [1.165, 1.54) is 0 Å². The first-order chi connectivity index (χ1) is 10.3. The summed E-state index contributed by atoms with van der Waals surface area (Å²) < 4.78 is 0. The van der Waals surface area contributed by atoms with E-state index < -0.39 is 0 Å². The molecule has 4 nitrogen and oxygen atoms in total. The van der Waals surface area contributed by atoms with Crippen LogP contribution in [0, 0.1) is 5.92 Å². The molecule has 22 heavy (non-hydrogen) atoms. The van der Waals surface area contributed by atoms with Crippen LogP contribution in [0.25, 0.3) is 11.0 Å². The van der Waals surface area contributed by atoms with Crippen LogP contribution >= 0.6 is 0 Å². The Labute approximate surface area is 132 Å². The molecule has 0 aromatic carbocycles. The number of nitrogens with one attached hydrogen (secondary N) is 1. The Morgan fingerprint density at radius 1 is 1.23 bits per heavy atom. The van der Waals surface area contributed by atoms with Crippen molar-refractivity contribution < 1.29 is 4.79 Å². The van der Waals surface area contributed by atoms with Crippen LogP contribution in [0.1, 0.15) is 63.1 Å². The molecule has 0 aliphatic heterocycles. The number of carbonyl (C=O) groups excluding carboxylic acids is 1. The third kappa shape index (κ3) is 3.49. The van der Waals surface area contributed by atoms with Crippen LogP contribution in [-0.4, -0.2) is 33.9 Å². The van der Waals surface area contributed by atoms with Crippen LogP contribution in [0.2, 0.25) is 0 Å². The number of hydrogen-bond acceptors (Lipinski definition) is 2. The predicted molar refractivity (Wildman–Crippen MR) is 91.2 cm³/mol. The first-order valence-corrected chi connectivity index (χ1v) is 8.06. The largest absolute Gasteiger partial charge is 0.338 e. The molecule has 2 aromatic heterocycles. The number of nitrogens with zero attached hydrogens (tertiary/aromatic N) is 2. The first kappa shape index (κ1) is 16.5. The Kier molecular flexibility index (Phi) is 4.89. The van der Waals surface area contributed by atoms with E-state index in [4.69, 9.17) is 0 Å². The smallest absolute Gasteiger partial charge is 0.270 e. The summed E-state index contributed by atoms with van der Waals surface area (Å²) in [5, 5.41) is 0.984. The number of carbonyl (C=O) groups is 1. The third-order valence-corrected chi connectivity index (χ3v) is 4.12. The Hall–Kier alpha value is -1.84. The van der Waals surface area contributed by atoms with Crippen molar-refractivity contribution >= 4 is 16.9 Å². The van der Waals surface area contributed by atoms with Crippen molar-refractivity contribution in [2.45, 2.75) is 53.0 Å². The van der Waals surface area contributed by atoms with E-state index in [2.05, 4.69) is 44.6 Å². The molecule has 0 aliphatic carbocycles. The number of pyridine rings is 1. The Morgan fingerprint density at radius 2 is 1.91 bits per heavy atom. The molecule has 0 fully saturated rings. The SMILES string of the molecule is CC(C)CC(C)N(C)C(=O)c1cc2ccc(C(C)C)nc2[nH]1. The highest BCUT2D eigenvalue weighted by molar-refractivity contribution is 5.97. The number of aromatic nitrogens is 2. The summed E-state index contributed by atoms with van der Waals surface area (Å²) in [6, 6.07) is 6.17. The average Bonchev–Trinajstić information content (AvgIpc) is 2.87.